The van der Waals surface area contributed by atoms with Crippen molar-refractivity contribution in [1.82, 2.24) is 0 Å². The number of hydrogen-bond acceptors (Lipinski definition) is 5. The van der Waals surface area contributed by atoms with Gasteiger partial charge in [0.05, 0.1) is 13.2 Å². The zero-order chi connectivity index (χ0) is 15.2. The molecule has 0 saturated carbocycles. The Labute approximate surface area is 122 Å². The molecule has 20 heavy (non-hydrogen) atoms. The Morgan fingerprint density at radius 3 is 2.15 bits per heavy atom. The van der Waals surface area contributed by atoms with Gasteiger partial charge < -0.3 is 14.2 Å². The third kappa shape index (κ3) is 9.78. The zero-order valence-corrected chi connectivity index (χ0v) is 13.0. The van der Waals surface area contributed by atoms with Crippen molar-refractivity contribution in [3.8, 4) is 0 Å². The summed E-state index contributed by atoms with van der Waals surface area (Å²) in [5.41, 5.74) is 0. The molecule has 0 N–H and O–H groups in total. The Bertz CT molecular complexity index is 265. The Balaban J connectivity index is 4.15. The van der Waals surface area contributed by atoms with Crippen LogP contribution in [0.15, 0.2) is 0 Å². The molecule has 0 aliphatic heterocycles. The van der Waals surface area contributed by atoms with Gasteiger partial charge in [0.25, 0.3) is 0 Å². The molecular formula is C15H28O5. The summed E-state index contributed by atoms with van der Waals surface area (Å²) in [7, 11) is 0. The van der Waals surface area contributed by atoms with E-state index in [0.29, 0.717) is 26.2 Å². The standard InChI is InChI=1S/C15H28O5/c1-4-7-12-18-13(15(17)20-11-6-3)8-9-14(16)19-10-5-2/h13H,4-12H2,1-3H3. The number of hydrogen-bond donors (Lipinski definition) is 0. The van der Waals surface area contributed by atoms with Gasteiger partial charge in [0, 0.05) is 13.0 Å². The van der Waals surface area contributed by atoms with Crippen molar-refractivity contribution in [1.29, 1.82) is 0 Å². The number of ether oxygens (including phenoxy) is 3. The molecule has 0 spiro atoms. The van der Waals surface area contributed by atoms with Crippen molar-refractivity contribution in [2.75, 3.05) is 19.8 Å². The van der Waals surface area contributed by atoms with E-state index in [2.05, 4.69) is 6.92 Å². The van der Waals surface area contributed by atoms with Crippen molar-refractivity contribution in [2.45, 2.75) is 65.4 Å². The summed E-state index contributed by atoms with van der Waals surface area (Å²) in [5.74, 6) is -0.675. The topological polar surface area (TPSA) is 61.8 Å². The van der Waals surface area contributed by atoms with E-state index < -0.39 is 6.10 Å². The molecule has 0 amide bonds. The third-order valence-electron chi connectivity index (χ3n) is 2.61. The Morgan fingerprint density at radius 1 is 0.900 bits per heavy atom. The number of carbonyl (C=O) groups excluding carboxylic acids is 2. The normalized spacial score (nSPS) is 11.9. The average molecular weight is 288 g/mol. The van der Waals surface area contributed by atoms with Gasteiger partial charge in [0.15, 0.2) is 6.10 Å². The summed E-state index contributed by atoms with van der Waals surface area (Å²) < 4.78 is 15.6. The molecule has 0 bridgehead atoms. The van der Waals surface area contributed by atoms with Crippen LogP contribution in [0.3, 0.4) is 0 Å². The molecule has 5 heteroatoms. The summed E-state index contributed by atoms with van der Waals surface area (Å²) in [6.07, 6.45) is 3.27. The van der Waals surface area contributed by atoms with Gasteiger partial charge in [0.1, 0.15) is 0 Å². The molecule has 0 aromatic rings. The van der Waals surface area contributed by atoms with Crippen LogP contribution >= 0.6 is 0 Å². The minimum Gasteiger partial charge on any atom is -0.466 e. The van der Waals surface area contributed by atoms with Crippen molar-refractivity contribution in [3.63, 3.8) is 0 Å². The monoisotopic (exact) mass is 288 g/mol. The lowest BCUT2D eigenvalue weighted by Crippen LogP contribution is -2.28. The molecule has 0 aromatic heterocycles. The Kier molecular flexibility index (Phi) is 12.2. The SMILES string of the molecule is CCCCOC(CCC(=O)OCCC)C(=O)OCCC. The predicted octanol–water partition coefficient (Wildman–Crippen LogP) is 2.86. The molecule has 0 aromatic carbocycles. The summed E-state index contributed by atoms with van der Waals surface area (Å²) in [4.78, 5) is 23.3. The maximum Gasteiger partial charge on any atom is 0.335 e. The number of rotatable bonds is 12. The van der Waals surface area contributed by atoms with Gasteiger partial charge in [-0.15, -0.1) is 0 Å². The molecule has 0 aliphatic carbocycles. The van der Waals surface area contributed by atoms with E-state index >= 15 is 0 Å². The van der Waals surface area contributed by atoms with Gasteiger partial charge >= 0.3 is 11.9 Å². The lowest BCUT2D eigenvalue weighted by Gasteiger charge is -2.16. The summed E-state index contributed by atoms with van der Waals surface area (Å²) in [6.45, 7) is 7.23. The highest BCUT2D eigenvalue weighted by molar-refractivity contribution is 5.76. The fourth-order valence-electron chi connectivity index (χ4n) is 1.47. The summed E-state index contributed by atoms with van der Waals surface area (Å²) in [5, 5.41) is 0. The van der Waals surface area contributed by atoms with E-state index in [1.165, 1.54) is 0 Å². The highest BCUT2D eigenvalue weighted by Crippen LogP contribution is 2.08. The second kappa shape index (κ2) is 12.9. The van der Waals surface area contributed by atoms with Gasteiger partial charge in [-0.05, 0) is 25.7 Å². The molecule has 0 aliphatic rings. The van der Waals surface area contributed by atoms with Gasteiger partial charge in [0.2, 0.25) is 0 Å². The van der Waals surface area contributed by atoms with Crippen LogP contribution < -0.4 is 0 Å². The van der Waals surface area contributed by atoms with Crippen molar-refractivity contribution < 1.29 is 23.8 Å². The molecule has 0 saturated heterocycles. The number of esters is 2. The second-order valence-corrected chi connectivity index (χ2v) is 4.64. The van der Waals surface area contributed by atoms with Gasteiger partial charge in [-0.3, -0.25) is 4.79 Å². The zero-order valence-electron chi connectivity index (χ0n) is 13.0. The first-order valence-electron chi connectivity index (χ1n) is 7.59. The van der Waals surface area contributed by atoms with Gasteiger partial charge in [-0.1, -0.05) is 27.2 Å². The largest absolute Gasteiger partial charge is 0.466 e. The summed E-state index contributed by atoms with van der Waals surface area (Å²) in [6, 6.07) is 0. The lowest BCUT2D eigenvalue weighted by molar-refractivity contribution is -0.158. The molecule has 118 valence electrons. The summed E-state index contributed by atoms with van der Waals surface area (Å²) >= 11 is 0. The van der Waals surface area contributed by atoms with Crippen molar-refractivity contribution in [2.24, 2.45) is 0 Å². The number of unbranched alkanes of at least 4 members (excludes halogenated alkanes) is 1. The van der Waals surface area contributed by atoms with E-state index in [0.717, 1.165) is 25.7 Å². The fraction of sp³-hybridized carbons (Fsp3) is 0.867. The molecule has 1 atom stereocenters. The highest BCUT2D eigenvalue weighted by Gasteiger charge is 2.22. The molecule has 0 fully saturated rings. The van der Waals surface area contributed by atoms with E-state index in [-0.39, 0.29) is 18.4 Å². The lowest BCUT2D eigenvalue weighted by atomic mass is 10.2. The van der Waals surface area contributed by atoms with Crippen molar-refractivity contribution in [3.05, 3.63) is 0 Å². The Hall–Kier alpha value is -1.10. The molecule has 5 nitrogen and oxygen atoms in total. The fourth-order valence-corrected chi connectivity index (χ4v) is 1.47. The molecule has 0 radical (unpaired) electrons. The van der Waals surface area contributed by atoms with E-state index in [9.17, 15) is 9.59 Å². The van der Waals surface area contributed by atoms with E-state index in [1.54, 1.807) is 0 Å². The number of carbonyl (C=O) groups is 2. The van der Waals surface area contributed by atoms with Crippen LogP contribution in [0.5, 0.6) is 0 Å². The quantitative estimate of drug-likeness (QED) is 0.408. The van der Waals surface area contributed by atoms with Gasteiger partial charge in [-0.25, -0.2) is 4.79 Å². The highest BCUT2D eigenvalue weighted by atomic mass is 16.6. The third-order valence-corrected chi connectivity index (χ3v) is 2.61. The van der Waals surface area contributed by atoms with Crippen LogP contribution in [0.1, 0.15) is 59.3 Å². The molecule has 0 heterocycles. The first-order chi connectivity index (χ1) is 9.65. The second-order valence-electron chi connectivity index (χ2n) is 4.64. The minimum atomic E-state index is -0.665. The first kappa shape index (κ1) is 18.9. The molecule has 0 rings (SSSR count). The van der Waals surface area contributed by atoms with Crippen LogP contribution in [-0.4, -0.2) is 37.9 Å². The molecule has 1 unspecified atom stereocenters. The van der Waals surface area contributed by atoms with Crippen molar-refractivity contribution >= 4 is 11.9 Å². The van der Waals surface area contributed by atoms with Crippen LogP contribution in [-0.2, 0) is 23.8 Å². The van der Waals surface area contributed by atoms with Crippen LogP contribution in [0, 0.1) is 0 Å². The van der Waals surface area contributed by atoms with Crippen LogP contribution in [0.4, 0.5) is 0 Å². The molecular weight excluding hydrogens is 260 g/mol. The van der Waals surface area contributed by atoms with E-state index in [4.69, 9.17) is 14.2 Å². The minimum absolute atomic E-state index is 0.179. The first-order valence-corrected chi connectivity index (χ1v) is 7.59. The smallest absolute Gasteiger partial charge is 0.335 e. The Morgan fingerprint density at radius 2 is 1.55 bits per heavy atom. The maximum absolute atomic E-state index is 11.8. The van der Waals surface area contributed by atoms with Crippen LogP contribution in [0.2, 0.25) is 0 Å². The average Bonchev–Trinajstić information content (AvgIpc) is 2.46. The van der Waals surface area contributed by atoms with Gasteiger partial charge in [-0.2, -0.15) is 0 Å². The predicted molar refractivity (Wildman–Crippen MR) is 76.4 cm³/mol. The maximum atomic E-state index is 11.8. The van der Waals surface area contributed by atoms with E-state index in [1.807, 2.05) is 13.8 Å². The van der Waals surface area contributed by atoms with Crippen LogP contribution in [0.25, 0.3) is 0 Å².